The number of nitrogens with zero attached hydrogens (tertiary/aromatic N) is 3. The Bertz CT molecular complexity index is 1210. The van der Waals surface area contributed by atoms with Crippen LogP contribution in [0.25, 0.3) is 0 Å². The number of amides is 2. The van der Waals surface area contributed by atoms with E-state index in [-0.39, 0.29) is 11.7 Å². The molecule has 1 aliphatic rings. The van der Waals surface area contributed by atoms with Gasteiger partial charge in [0, 0.05) is 11.3 Å². The number of carbonyl (C=O) groups excluding carboxylic acids is 2. The molecule has 2 amide bonds. The Hall–Kier alpha value is -4.34. The first kappa shape index (κ1) is 23.8. The number of ether oxygens (including phenoxy) is 3. The monoisotopic (exact) mass is 478 g/mol. The molecule has 1 aromatic heterocycles. The molecule has 0 saturated carbocycles. The summed E-state index contributed by atoms with van der Waals surface area (Å²) in [6, 6.07) is 12.8. The van der Waals surface area contributed by atoms with Crippen LogP contribution in [0.1, 0.15) is 35.0 Å². The lowest BCUT2D eigenvalue weighted by Gasteiger charge is -2.29. The Morgan fingerprint density at radius 3 is 2.54 bits per heavy atom. The molecule has 4 rings (SSSR count). The van der Waals surface area contributed by atoms with Gasteiger partial charge in [-0.1, -0.05) is 19.1 Å². The number of oxazole rings is 1. The van der Waals surface area contributed by atoms with Gasteiger partial charge >= 0.3 is 6.09 Å². The maximum Gasteiger partial charge on any atom is 0.431 e. The van der Waals surface area contributed by atoms with Gasteiger partial charge in [0.25, 0.3) is 5.91 Å². The van der Waals surface area contributed by atoms with Crippen molar-refractivity contribution in [1.82, 2.24) is 9.99 Å². The first-order chi connectivity index (χ1) is 17.0. The lowest BCUT2D eigenvalue weighted by molar-refractivity contribution is 0.0741. The van der Waals surface area contributed by atoms with Gasteiger partial charge < -0.3 is 23.9 Å². The van der Waals surface area contributed by atoms with Crippen LogP contribution in [0.4, 0.5) is 10.5 Å². The summed E-state index contributed by atoms with van der Waals surface area (Å²) in [6.07, 6.45) is 2.74. The highest BCUT2D eigenvalue weighted by Gasteiger charge is 2.31. The van der Waals surface area contributed by atoms with Crippen LogP contribution in [0, 0.1) is 0 Å². The number of hydrogen-bond donors (Lipinski definition) is 1. The third kappa shape index (κ3) is 5.43. The molecular weight excluding hydrogens is 452 g/mol. The molecule has 0 radical (unpaired) electrons. The molecule has 10 nitrogen and oxygen atoms in total. The summed E-state index contributed by atoms with van der Waals surface area (Å²) in [6.45, 7) is 2.27. The summed E-state index contributed by atoms with van der Waals surface area (Å²) in [5.41, 5.74) is 3.03. The largest absolute Gasteiger partial charge is 0.493 e. The number of aromatic nitrogens is 1. The van der Waals surface area contributed by atoms with E-state index in [1.165, 1.54) is 17.6 Å². The third-order valence-corrected chi connectivity index (χ3v) is 5.52. The standard InChI is InChI=1S/C25H26N4O6/c1-4-19-23(17-7-10-20(32-2)21(13-17)33-3)28-29(25(31)35-19)12-11-16-5-8-18(9-6-16)27-24(30)22-14-26-15-34-22/h5-10,13-15,19H,4,11-12H2,1-3H3,(H,27,30). The zero-order valence-corrected chi connectivity index (χ0v) is 19.7. The minimum absolute atomic E-state index is 0.131. The molecule has 0 saturated heterocycles. The Balaban J connectivity index is 1.45. The third-order valence-electron chi connectivity index (χ3n) is 5.52. The van der Waals surface area contributed by atoms with Crippen molar-refractivity contribution < 1.29 is 28.2 Å². The van der Waals surface area contributed by atoms with Gasteiger partial charge in [0.05, 0.1) is 27.0 Å². The Kier molecular flexibility index (Phi) is 7.30. The molecule has 35 heavy (non-hydrogen) atoms. The molecule has 0 bridgehead atoms. The van der Waals surface area contributed by atoms with E-state index in [4.69, 9.17) is 18.6 Å². The van der Waals surface area contributed by atoms with Crippen LogP contribution in [0.3, 0.4) is 0 Å². The van der Waals surface area contributed by atoms with E-state index in [0.717, 1.165) is 11.1 Å². The Labute approximate surface area is 202 Å². The van der Waals surface area contributed by atoms with Gasteiger partial charge in [0.15, 0.2) is 17.9 Å². The molecule has 1 aliphatic heterocycles. The average molecular weight is 479 g/mol. The van der Waals surface area contributed by atoms with Crippen molar-refractivity contribution in [2.75, 3.05) is 26.1 Å². The SMILES string of the molecule is CCC1OC(=O)N(CCc2ccc(NC(=O)c3cnco3)cc2)N=C1c1ccc(OC)c(OC)c1. The fourth-order valence-electron chi connectivity index (χ4n) is 3.64. The molecule has 182 valence electrons. The quantitative estimate of drug-likeness (QED) is 0.492. The summed E-state index contributed by atoms with van der Waals surface area (Å²) in [5, 5.41) is 8.69. The van der Waals surface area contributed by atoms with E-state index >= 15 is 0 Å². The number of hydrogen-bond acceptors (Lipinski definition) is 8. The summed E-state index contributed by atoms with van der Waals surface area (Å²) in [7, 11) is 3.14. The highest BCUT2D eigenvalue weighted by atomic mass is 16.6. The minimum Gasteiger partial charge on any atom is -0.493 e. The number of cyclic esters (lactones) is 1. The van der Waals surface area contributed by atoms with Gasteiger partial charge in [-0.3, -0.25) is 4.79 Å². The fraction of sp³-hybridized carbons (Fsp3) is 0.280. The van der Waals surface area contributed by atoms with Crippen LogP contribution in [0.15, 0.2) is 64.6 Å². The molecule has 0 fully saturated rings. The van der Waals surface area contributed by atoms with E-state index < -0.39 is 12.2 Å². The number of rotatable bonds is 9. The maximum atomic E-state index is 12.6. The van der Waals surface area contributed by atoms with Crippen molar-refractivity contribution in [3.8, 4) is 11.5 Å². The summed E-state index contributed by atoms with van der Waals surface area (Å²) in [4.78, 5) is 28.4. The number of hydrazone groups is 1. The molecular formula is C25H26N4O6. The predicted octanol–water partition coefficient (Wildman–Crippen LogP) is 4.12. The van der Waals surface area contributed by atoms with E-state index in [9.17, 15) is 9.59 Å². The van der Waals surface area contributed by atoms with Crippen molar-refractivity contribution in [3.63, 3.8) is 0 Å². The second-order valence-electron chi connectivity index (χ2n) is 7.73. The van der Waals surface area contributed by atoms with Crippen LogP contribution in [-0.2, 0) is 11.2 Å². The number of methoxy groups -OCH3 is 2. The molecule has 0 aliphatic carbocycles. The first-order valence-corrected chi connectivity index (χ1v) is 11.1. The zero-order valence-electron chi connectivity index (χ0n) is 19.7. The molecule has 10 heteroatoms. The van der Waals surface area contributed by atoms with Crippen LogP contribution >= 0.6 is 0 Å². The molecule has 1 unspecified atom stereocenters. The minimum atomic E-state index is -0.489. The van der Waals surface area contributed by atoms with Crippen LogP contribution < -0.4 is 14.8 Å². The molecule has 0 spiro atoms. The van der Waals surface area contributed by atoms with Crippen molar-refractivity contribution in [2.24, 2.45) is 5.10 Å². The lowest BCUT2D eigenvalue weighted by Crippen LogP contribution is -2.42. The molecule has 3 aromatic rings. The average Bonchev–Trinajstić information content (AvgIpc) is 3.43. The van der Waals surface area contributed by atoms with Crippen molar-refractivity contribution >= 4 is 23.4 Å². The van der Waals surface area contributed by atoms with Gasteiger partial charge in [-0.15, -0.1) is 0 Å². The zero-order chi connectivity index (χ0) is 24.8. The normalized spacial score (nSPS) is 15.3. The fourth-order valence-corrected chi connectivity index (χ4v) is 3.64. The number of anilines is 1. The van der Waals surface area contributed by atoms with Gasteiger partial charge in [-0.2, -0.15) is 10.1 Å². The Morgan fingerprint density at radius 1 is 1.11 bits per heavy atom. The Morgan fingerprint density at radius 2 is 1.89 bits per heavy atom. The van der Waals surface area contributed by atoms with Gasteiger partial charge in [0.2, 0.25) is 5.76 Å². The number of benzene rings is 2. The smallest absolute Gasteiger partial charge is 0.431 e. The number of carbonyl (C=O) groups is 2. The second kappa shape index (κ2) is 10.7. The van der Waals surface area contributed by atoms with E-state index in [1.807, 2.05) is 31.2 Å². The molecule has 1 N–H and O–H groups in total. The second-order valence-corrected chi connectivity index (χ2v) is 7.73. The predicted molar refractivity (Wildman–Crippen MR) is 128 cm³/mol. The first-order valence-electron chi connectivity index (χ1n) is 11.1. The highest BCUT2D eigenvalue weighted by Crippen LogP contribution is 2.30. The van der Waals surface area contributed by atoms with Crippen LogP contribution in [-0.4, -0.2) is 54.6 Å². The van der Waals surface area contributed by atoms with Crippen LogP contribution in [0.5, 0.6) is 11.5 Å². The maximum absolute atomic E-state index is 12.6. The van der Waals surface area contributed by atoms with Crippen molar-refractivity contribution in [3.05, 3.63) is 71.9 Å². The van der Waals surface area contributed by atoms with Crippen LogP contribution in [0.2, 0.25) is 0 Å². The lowest BCUT2D eigenvalue weighted by atomic mass is 10.0. The summed E-state index contributed by atoms with van der Waals surface area (Å²) >= 11 is 0. The summed E-state index contributed by atoms with van der Waals surface area (Å²) < 4.78 is 21.4. The van der Waals surface area contributed by atoms with Gasteiger partial charge in [-0.25, -0.2) is 9.78 Å². The highest BCUT2D eigenvalue weighted by molar-refractivity contribution is 6.06. The van der Waals surface area contributed by atoms with Crippen molar-refractivity contribution in [2.45, 2.75) is 25.9 Å². The molecule has 2 heterocycles. The topological polar surface area (TPSA) is 115 Å². The van der Waals surface area contributed by atoms with E-state index in [0.29, 0.717) is 42.3 Å². The van der Waals surface area contributed by atoms with E-state index in [2.05, 4.69) is 15.4 Å². The van der Waals surface area contributed by atoms with E-state index in [1.54, 1.807) is 32.4 Å². The molecule has 1 atom stereocenters. The van der Waals surface area contributed by atoms with Crippen molar-refractivity contribution in [1.29, 1.82) is 0 Å². The molecule has 2 aromatic carbocycles. The van der Waals surface area contributed by atoms with Gasteiger partial charge in [-0.05, 0) is 48.7 Å². The number of nitrogens with one attached hydrogen (secondary N) is 1. The van der Waals surface area contributed by atoms with Gasteiger partial charge in [0.1, 0.15) is 11.8 Å². The summed E-state index contributed by atoms with van der Waals surface area (Å²) in [5.74, 6) is 0.927.